The maximum atomic E-state index is 11.5. The number of nitriles is 2. The van der Waals surface area contributed by atoms with Gasteiger partial charge in [0.15, 0.2) is 0 Å². The summed E-state index contributed by atoms with van der Waals surface area (Å²) in [6, 6.07) is 12.3. The highest BCUT2D eigenvalue weighted by molar-refractivity contribution is 5.97. The Labute approximate surface area is 136 Å². The molecule has 2 rings (SSSR count). The molecule has 0 bridgehead atoms. The molecule has 0 atom stereocenters. The largest absolute Gasteiger partial charge is 0.288 e. The smallest absolute Gasteiger partial charge is 0.275 e. The van der Waals surface area contributed by atoms with Crippen molar-refractivity contribution in [2.75, 3.05) is 0 Å². The van der Waals surface area contributed by atoms with Crippen LogP contribution in [0.2, 0.25) is 0 Å². The second-order valence-electron chi connectivity index (χ2n) is 4.63. The van der Waals surface area contributed by atoms with Crippen molar-refractivity contribution >= 4 is 11.8 Å². The van der Waals surface area contributed by atoms with E-state index in [2.05, 4.69) is 0 Å². The lowest BCUT2D eigenvalue weighted by Crippen LogP contribution is -2.20. The quantitative estimate of drug-likeness (QED) is 0.495. The molecule has 0 saturated carbocycles. The second kappa shape index (κ2) is 7.03. The van der Waals surface area contributed by atoms with Crippen molar-refractivity contribution in [3.63, 3.8) is 0 Å². The standard InChI is InChI=1S/C16H10N4O4/c17-7-11-5-9(1-3-13(11)15(21)19-23)10-2-4-14(16(22)20-24)12(6-10)8-18/h1-6,23-24H,(H,19,21)(H,20,22). The summed E-state index contributed by atoms with van der Waals surface area (Å²) in [7, 11) is 0. The van der Waals surface area contributed by atoms with Gasteiger partial charge in [-0.2, -0.15) is 10.5 Å². The van der Waals surface area contributed by atoms with Crippen molar-refractivity contribution < 1.29 is 20.0 Å². The van der Waals surface area contributed by atoms with Crippen LogP contribution in [0.25, 0.3) is 11.1 Å². The van der Waals surface area contributed by atoms with Crippen molar-refractivity contribution in [1.29, 1.82) is 10.5 Å². The number of rotatable bonds is 3. The van der Waals surface area contributed by atoms with Gasteiger partial charge < -0.3 is 0 Å². The average Bonchev–Trinajstić information content (AvgIpc) is 2.65. The van der Waals surface area contributed by atoms with Gasteiger partial charge >= 0.3 is 0 Å². The third kappa shape index (κ3) is 3.05. The molecule has 2 aromatic carbocycles. The third-order valence-electron chi connectivity index (χ3n) is 3.31. The zero-order valence-corrected chi connectivity index (χ0v) is 12.1. The topological polar surface area (TPSA) is 146 Å². The van der Waals surface area contributed by atoms with E-state index in [1.807, 2.05) is 12.1 Å². The van der Waals surface area contributed by atoms with Gasteiger partial charge in [0, 0.05) is 0 Å². The Balaban J connectivity index is 2.54. The lowest BCUT2D eigenvalue weighted by molar-refractivity contribution is 0.0701. The first-order valence-electron chi connectivity index (χ1n) is 6.53. The van der Waals surface area contributed by atoms with Crippen LogP contribution < -0.4 is 11.0 Å². The van der Waals surface area contributed by atoms with Gasteiger partial charge in [0.05, 0.1) is 34.4 Å². The van der Waals surface area contributed by atoms with Crippen molar-refractivity contribution in [1.82, 2.24) is 11.0 Å². The third-order valence-corrected chi connectivity index (χ3v) is 3.31. The van der Waals surface area contributed by atoms with Gasteiger partial charge in [-0.25, -0.2) is 11.0 Å². The normalized spacial score (nSPS) is 9.50. The molecule has 8 heteroatoms. The number of benzene rings is 2. The molecule has 24 heavy (non-hydrogen) atoms. The summed E-state index contributed by atoms with van der Waals surface area (Å²) in [4.78, 5) is 22.9. The van der Waals surface area contributed by atoms with E-state index in [1.165, 1.54) is 47.4 Å². The number of hydrogen-bond acceptors (Lipinski definition) is 6. The average molecular weight is 322 g/mol. The number of carbonyl (C=O) groups is 2. The molecule has 0 aliphatic heterocycles. The number of hydrogen-bond donors (Lipinski definition) is 4. The van der Waals surface area contributed by atoms with Crippen LogP contribution in [-0.2, 0) is 0 Å². The molecule has 0 radical (unpaired) electrons. The molecule has 0 saturated heterocycles. The fraction of sp³-hybridized carbons (Fsp3) is 0. The van der Waals surface area contributed by atoms with E-state index in [0.717, 1.165) is 0 Å². The van der Waals surface area contributed by atoms with Crippen LogP contribution in [0.1, 0.15) is 31.8 Å². The van der Waals surface area contributed by atoms with Crippen LogP contribution >= 0.6 is 0 Å². The summed E-state index contributed by atoms with van der Waals surface area (Å²) in [6.07, 6.45) is 0. The van der Waals surface area contributed by atoms with E-state index in [-0.39, 0.29) is 22.3 Å². The first-order valence-corrected chi connectivity index (χ1v) is 6.53. The summed E-state index contributed by atoms with van der Waals surface area (Å²) < 4.78 is 0. The molecule has 4 N–H and O–H groups in total. The minimum atomic E-state index is -0.814. The number of amides is 2. The van der Waals surface area contributed by atoms with Gasteiger partial charge in [0.1, 0.15) is 0 Å². The Hall–Kier alpha value is -3.72. The lowest BCUT2D eigenvalue weighted by atomic mass is 9.96. The van der Waals surface area contributed by atoms with E-state index in [1.54, 1.807) is 0 Å². The summed E-state index contributed by atoms with van der Waals surface area (Å²) in [6.45, 7) is 0. The first-order chi connectivity index (χ1) is 11.5. The van der Waals surface area contributed by atoms with Gasteiger partial charge in [-0.05, 0) is 35.4 Å². The first kappa shape index (κ1) is 16.6. The molecular weight excluding hydrogens is 312 g/mol. The SMILES string of the molecule is N#Cc1cc(-c2ccc(C(=O)NO)c(C#N)c2)ccc1C(=O)NO. The minimum Gasteiger partial charge on any atom is -0.288 e. The Kier molecular flexibility index (Phi) is 4.87. The molecule has 2 aromatic rings. The zero-order valence-electron chi connectivity index (χ0n) is 12.1. The predicted molar refractivity (Wildman–Crippen MR) is 79.8 cm³/mol. The van der Waals surface area contributed by atoms with Crippen molar-refractivity contribution in [3.8, 4) is 23.3 Å². The summed E-state index contributed by atoms with van der Waals surface area (Å²) in [5.41, 5.74) is 4.06. The van der Waals surface area contributed by atoms with Gasteiger partial charge in [0.25, 0.3) is 11.8 Å². The summed E-state index contributed by atoms with van der Waals surface area (Å²) >= 11 is 0. The fourth-order valence-corrected chi connectivity index (χ4v) is 2.15. The van der Waals surface area contributed by atoms with E-state index >= 15 is 0 Å². The van der Waals surface area contributed by atoms with Crippen molar-refractivity contribution in [3.05, 3.63) is 58.7 Å². The van der Waals surface area contributed by atoms with Crippen molar-refractivity contribution in [2.45, 2.75) is 0 Å². The van der Waals surface area contributed by atoms with E-state index in [0.29, 0.717) is 11.1 Å². The molecule has 118 valence electrons. The molecule has 0 spiro atoms. The molecule has 2 amide bonds. The van der Waals surface area contributed by atoms with Crippen LogP contribution in [0, 0.1) is 22.7 Å². The minimum absolute atomic E-state index is 0.000495. The molecule has 0 aromatic heterocycles. The Morgan fingerprint density at radius 3 is 1.46 bits per heavy atom. The summed E-state index contributed by atoms with van der Waals surface area (Å²) in [5, 5.41) is 35.6. The van der Waals surface area contributed by atoms with Crippen LogP contribution in [-0.4, -0.2) is 22.2 Å². The molecular formula is C16H10N4O4. The second-order valence-corrected chi connectivity index (χ2v) is 4.63. The zero-order chi connectivity index (χ0) is 17.7. The Morgan fingerprint density at radius 2 is 1.17 bits per heavy atom. The Morgan fingerprint density at radius 1 is 0.792 bits per heavy atom. The predicted octanol–water partition coefficient (Wildman–Crippen LogP) is 1.33. The maximum absolute atomic E-state index is 11.5. The highest BCUT2D eigenvalue weighted by atomic mass is 16.5. The van der Waals surface area contributed by atoms with Crippen LogP contribution in [0.5, 0.6) is 0 Å². The molecule has 0 heterocycles. The molecule has 0 unspecified atom stereocenters. The number of carbonyl (C=O) groups excluding carboxylic acids is 2. The number of nitrogens with zero attached hydrogens (tertiary/aromatic N) is 2. The van der Waals surface area contributed by atoms with Gasteiger partial charge in [-0.1, -0.05) is 12.1 Å². The van der Waals surface area contributed by atoms with Gasteiger partial charge in [0.2, 0.25) is 0 Å². The molecule has 8 nitrogen and oxygen atoms in total. The van der Waals surface area contributed by atoms with Crippen LogP contribution in [0.3, 0.4) is 0 Å². The van der Waals surface area contributed by atoms with Crippen molar-refractivity contribution in [2.24, 2.45) is 0 Å². The highest BCUT2D eigenvalue weighted by Gasteiger charge is 2.14. The van der Waals surface area contributed by atoms with E-state index < -0.39 is 11.8 Å². The van der Waals surface area contributed by atoms with Crippen LogP contribution in [0.4, 0.5) is 0 Å². The highest BCUT2D eigenvalue weighted by Crippen LogP contribution is 2.25. The molecule has 0 aliphatic rings. The van der Waals surface area contributed by atoms with E-state index in [9.17, 15) is 9.59 Å². The van der Waals surface area contributed by atoms with Gasteiger partial charge in [-0.15, -0.1) is 0 Å². The maximum Gasteiger partial charge on any atom is 0.275 e. The molecule has 0 fully saturated rings. The number of nitrogens with one attached hydrogen (secondary N) is 2. The monoisotopic (exact) mass is 322 g/mol. The van der Waals surface area contributed by atoms with Gasteiger partial charge in [-0.3, -0.25) is 20.0 Å². The fourth-order valence-electron chi connectivity index (χ4n) is 2.15. The summed E-state index contributed by atoms with van der Waals surface area (Å²) in [5.74, 6) is -1.63. The molecule has 0 aliphatic carbocycles. The van der Waals surface area contributed by atoms with Crippen LogP contribution in [0.15, 0.2) is 36.4 Å². The lowest BCUT2D eigenvalue weighted by Gasteiger charge is -2.08. The number of hydroxylamine groups is 2. The van der Waals surface area contributed by atoms with E-state index in [4.69, 9.17) is 20.9 Å². The Bertz CT molecular complexity index is 834.